The van der Waals surface area contributed by atoms with Crippen LogP contribution in [0.3, 0.4) is 0 Å². The predicted octanol–water partition coefficient (Wildman–Crippen LogP) is 5.14. The molecule has 0 N–H and O–H groups in total. The molecule has 1 unspecified atom stereocenters. The highest BCUT2D eigenvalue weighted by Crippen LogP contribution is 2.16. The Balaban J connectivity index is 0. The molecule has 0 saturated carbocycles. The maximum Gasteiger partial charge on any atom is 0.00899 e. The summed E-state index contributed by atoms with van der Waals surface area (Å²) in [6.07, 6.45) is 2.84. The van der Waals surface area contributed by atoms with Gasteiger partial charge in [-0.25, -0.2) is 0 Å². The minimum absolute atomic E-state index is 0.804. The highest BCUT2D eigenvalue weighted by Gasteiger charge is 2.21. The third-order valence-electron chi connectivity index (χ3n) is 4.00. The van der Waals surface area contributed by atoms with Crippen molar-refractivity contribution in [2.45, 2.75) is 81.2 Å². The number of hydrogen-bond acceptors (Lipinski definition) is 2. The number of rotatable bonds is 4. The van der Waals surface area contributed by atoms with Gasteiger partial charge >= 0.3 is 0 Å². The Bertz CT molecular complexity index is 194. The molecule has 130 valence electrons. The molecule has 0 aromatic carbocycles. The van der Waals surface area contributed by atoms with Gasteiger partial charge in [-0.15, -0.1) is 0 Å². The fourth-order valence-electron chi connectivity index (χ4n) is 2.25. The van der Waals surface area contributed by atoms with Crippen LogP contribution in [0.25, 0.3) is 0 Å². The van der Waals surface area contributed by atoms with Gasteiger partial charge in [-0.05, 0) is 57.8 Å². The van der Waals surface area contributed by atoms with E-state index in [0.29, 0.717) is 0 Å². The van der Waals surface area contributed by atoms with Crippen molar-refractivity contribution in [3.8, 4) is 0 Å². The van der Waals surface area contributed by atoms with Gasteiger partial charge in [0.2, 0.25) is 0 Å². The van der Waals surface area contributed by atoms with Gasteiger partial charge in [0.15, 0.2) is 0 Å². The van der Waals surface area contributed by atoms with Gasteiger partial charge in [0, 0.05) is 12.6 Å². The Labute approximate surface area is 136 Å². The van der Waals surface area contributed by atoms with E-state index >= 15 is 0 Å². The molecule has 2 aliphatic heterocycles. The molecule has 2 nitrogen and oxygen atoms in total. The molecule has 2 heteroatoms. The molecule has 0 bridgehead atoms. The minimum Gasteiger partial charge on any atom is -0.303 e. The number of nitrogens with zero attached hydrogens (tertiary/aromatic N) is 2. The topological polar surface area (TPSA) is 6.48 Å². The van der Waals surface area contributed by atoms with Crippen LogP contribution in [0.15, 0.2) is 0 Å². The average molecular weight is 301 g/mol. The van der Waals surface area contributed by atoms with Gasteiger partial charge in [-0.2, -0.15) is 0 Å². The first kappa shape index (κ1) is 23.2. The summed E-state index contributed by atoms with van der Waals surface area (Å²) in [6.45, 7) is 26.1. The summed E-state index contributed by atoms with van der Waals surface area (Å²) in [5.41, 5.74) is 0. The lowest BCUT2D eigenvalue weighted by Gasteiger charge is -2.38. The zero-order valence-electron chi connectivity index (χ0n) is 16.6. The van der Waals surface area contributed by atoms with Crippen molar-refractivity contribution in [1.82, 2.24) is 9.80 Å². The van der Waals surface area contributed by atoms with Crippen LogP contribution in [0.2, 0.25) is 0 Å². The van der Waals surface area contributed by atoms with Gasteiger partial charge in [0.25, 0.3) is 0 Å². The molecule has 0 spiro atoms. The molecule has 1 atom stereocenters. The molecule has 2 aliphatic rings. The second-order valence-electron chi connectivity index (χ2n) is 6.42. The fourth-order valence-corrected chi connectivity index (χ4v) is 2.25. The molecule has 0 radical (unpaired) electrons. The molecule has 2 saturated heterocycles. The molecule has 2 heterocycles. The first-order valence-electron chi connectivity index (χ1n) is 9.47. The Kier molecular flexibility index (Phi) is 16.4. The quantitative estimate of drug-likeness (QED) is 0.709. The lowest BCUT2D eigenvalue weighted by atomic mass is 10.0. The van der Waals surface area contributed by atoms with E-state index in [-0.39, 0.29) is 0 Å². The van der Waals surface area contributed by atoms with E-state index in [1.54, 1.807) is 0 Å². The van der Waals surface area contributed by atoms with Crippen molar-refractivity contribution in [2.24, 2.45) is 11.8 Å². The van der Waals surface area contributed by atoms with Crippen LogP contribution < -0.4 is 0 Å². The van der Waals surface area contributed by atoms with Gasteiger partial charge in [-0.1, -0.05) is 55.4 Å². The highest BCUT2D eigenvalue weighted by molar-refractivity contribution is 4.76. The molecule has 2 rings (SSSR count). The monoisotopic (exact) mass is 300 g/mol. The maximum absolute atomic E-state index is 2.55. The highest BCUT2D eigenvalue weighted by atomic mass is 15.2. The Hall–Kier alpha value is -0.0800. The van der Waals surface area contributed by atoms with Crippen molar-refractivity contribution in [2.75, 3.05) is 32.7 Å². The molecule has 21 heavy (non-hydrogen) atoms. The lowest BCUT2D eigenvalue weighted by molar-refractivity contribution is 0.0992. The van der Waals surface area contributed by atoms with E-state index in [1.165, 1.54) is 45.6 Å². The predicted molar refractivity (Wildman–Crippen MR) is 99.1 cm³/mol. The van der Waals surface area contributed by atoms with Crippen molar-refractivity contribution in [1.29, 1.82) is 0 Å². The Morgan fingerprint density at radius 3 is 1.24 bits per heavy atom. The van der Waals surface area contributed by atoms with Crippen LogP contribution in [0, 0.1) is 11.8 Å². The van der Waals surface area contributed by atoms with Crippen molar-refractivity contribution >= 4 is 0 Å². The molecule has 0 amide bonds. The summed E-state index contributed by atoms with van der Waals surface area (Å²) in [6, 6.07) is 0.804. The molecular weight excluding hydrogens is 256 g/mol. The second kappa shape index (κ2) is 14.8. The van der Waals surface area contributed by atoms with E-state index in [9.17, 15) is 0 Å². The SMILES string of the molecule is CC.CC.CC(C)C(C)N1CCC1.CC(C)CN1CCC1. The second-order valence-corrected chi connectivity index (χ2v) is 6.42. The Morgan fingerprint density at radius 2 is 1.14 bits per heavy atom. The number of hydrogen-bond donors (Lipinski definition) is 0. The van der Waals surface area contributed by atoms with Gasteiger partial charge < -0.3 is 9.80 Å². The van der Waals surface area contributed by atoms with E-state index in [4.69, 9.17) is 0 Å². The van der Waals surface area contributed by atoms with Crippen molar-refractivity contribution < 1.29 is 0 Å². The van der Waals surface area contributed by atoms with Crippen LogP contribution in [-0.2, 0) is 0 Å². The third-order valence-corrected chi connectivity index (χ3v) is 4.00. The van der Waals surface area contributed by atoms with E-state index < -0.39 is 0 Å². The van der Waals surface area contributed by atoms with Gasteiger partial charge in [-0.3, -0.25) is 0 Å². The molecular formula is C19H44N2. The van der Waals surface area contributed by atoms with Crippen LogP contribution in [-0.4, -0.2) is 48.6 Å². The molecule has 0 aromatic rings. The zero-order chi connectivity index (χ0) is 16.8. The largest absolute Gasteiger partial charge is 0.303 e. The maximum atomic E-state index is 2.55. The first-order chi connectivity index (χ1) is 10.0. The van der Waals surface area contributed by atoms with Crippen molar-refractivity contribution in [3.63, 3.8) is 0 Å². The summed E-state index contributed by atoms with van der Waals surface area (Å²) in [7, 11) is 0. The van der Waals surface area contributed by atoms with E-state index in [1.807, 2.05) is 27.7 Å². The van der Waals surface area contributed by atoms with Crippen LogP contribution in [0.4, 0.5) is 0 Å². The van der Waals surface area contributed by atoms with Gasteiger partial charge in [0.05, 0.1) is 0 Å². The Morgan fingerprint density at radius 1 is 0.714 bits per heavy atom. The smallest absolute Gasteiger partial charge is 0.00899 e. The summed E-state index contributed by atoms with van der Waals surface area (Å²) in [5.74, 6) is 1.68. The molecule has 0 aliphatic carbocycles. The third kappa shape index (κ3) is 11.2. The fraction of sp³-hybridized carbons (Fsp3) is 1.00. The first-order valence-corrected chi connectivity index (χ1v) is 9.47. The molecule has 2 fully saturated rings. The van der Waals surface area contributed by atoms with Crippen molar-refractivity contribution in [3.05, 3.63) is 0 Å². The minimum atomic E-state index is 0.804. The molecule has 0 aromatic heterocycles. The van der Waals surface area contributed by atoms with Gasteiger partial charge in [0.1, 0.15) is 0 Å². The summed E-state index contributed by atoms with van der Waals surface area (Å²) in [5, 5.41) is 0. The standard InChI is InChI=1S/C8H17N.C7H15N.2C2H6/c1-7(2)8(3)9-5-4-6-9;1-7(2)6-8-4-3-5-8;2*1-2/h7-8H,4-6H2,1-3H3;7H,3-6H2,1-2H3;2*1-2H3. The lowest BCUT2D eigenvalue weighted by Crippen LogP contribution is -2.45. The normalized spacial score (nSPS) is 19.0. The van der Waals surface area contributed by atoms with Crippen LogP contribution in [0.1, 0.15) is 75.2 Å². The average Bonchev–Trinajstić information content (AvgIpc) is 2.37. The summed E-state index contributed by atoms with van der Waals surface area (Å²) >= 11 is 0. The zero-order valence-corrected chi connectivity index (χ0v) is 16.6. The van der Waals surface area contributed by atoms with Crippen LogP contribution >= 0.6 is 0 Å². The van der Waals surface area contributed by atoms with E-state index in [2.05, 4.69) is 44.4 Å². The number of likely N-dealkylation sites (tertiary alicyclic amines) is 2. The van der Waals surface area contributed by atoms with Crippen LogP contribution in [0.5, 0.6) is 0 Å². The summed E-state index contributed by atoms with van der Waals surface area (Å²) in [4.78, 5) is 5.05. The summed E-state index contributed by atoms with van der Waals surface area (Å²) < 4.78 is 0. The van der Waals surface area contributed by atoms with E-state index in [0.717, 1.165) is 17.9 Å².